The molecule has 0 atom stereocenters. The van der Waals surface area contributed by atoms with E-state index in [0.717, 1.165) is 50.1 Å². The molecule has 1 aromatic rings. The average molecular weight is 473 g/mol. The first-order valence-electron chi connectivity index (χ1n) is 8.07. The van der Waals surface area contributed by atoms with Gasteiger partial charge in [0.05, 0.1) is 5.56 Å². The number of rotatable bonds is 9. The maximum atomic E-state index is 12.5. The lowest BCUT2D eigenvalue weighted by Crippen LogP contribution is -2.38. The molecule has 0 amide bonds. The number of alkyl halides is 3. The van der Waals surface area contributed by atoms with Crippen molar-refractivity contribution in [3.05, 3.63) is 35.4 Å². The topological polar surface area (TPSA) is 45.7 Å². The van der Waals surface area contributed by atoms with Crippen LogP contribution in [0.2, 0.25) is 0 Å². The number of methoxy groups -OCH3 is 1. The maximum Gasteiger partial charge on any atom is 0.416 e. The first-order valence-corrected chi connectivity index (χ1v) is 8.07. The summed E-state index contributed by atoms with van der Waals surface area (Å²) in [6, 6.07) is 5.25. The largest absolute Gasteiger partial charge is 0.416 e. The minimum atomic E-state index is -4.29. The van der Waals surface area contributed by atoms with Crippen molar-refractivity contribution in [2.45, 2.75) is 31.9 Å². The van der Waals surface area contributed by atoms with E-state index < -0.39 is 11.7 Å². The second-order valence-electron chi connectivity index (χ2n) is 5.42. The molecule has 0 aliphatic carbocycles. The summed E-state index contributed by atoms with van der Waals surface area (Å²) in [5.74, 6) is 0.702. The standard InChI is InChI=1S/C17H26F3N3O.HI/c1-21-16(22-11-4-3-5-13-24-2)23-12-10-14-6-8-15(9-7-14)17(18,19)20;/h6-9H,3-5,10-13H2,1-2H3,(H2,21,22,23);1H. The first kappa shape index (κ1) is 24.0. The van der Waals surface area contributed by atoms with Crippen LogP contribution in [0.3, 0.4) is 0 Å². The average Bonchev–Trinajstić information content (AvgIpc) is 2.56. The second kappa shape index (κ2) is 13.2. The maximum absolute atomic E-state index is 12.5. The summed E-state index contributed by atoms with van der Waals surface area (Å²) in [4.78, 5) is 4.12. The van der Waals surface area contributed by atoms with Gasteiger partial charge in [-0.1, -0.05) is 12.1 Å². The third-order valence-electron chi connectivity index (χ3n) is 3.53. The molecule has 4 nitrogen and oxygen atoms in total. The number of nitrogens with one attached hydrogen (secondary N) is 2. The van der Waals surface area contributed by atoms with Crippen LogP contribution in [-0.4, -0.2) is 39.8 Å². The van der Waals surface area contributed by atoms with Gasteiger partial charge in [-0.15, -0.1) is 24.0 Å². The van der Waals surface area contributed by atoms with Gasteiger partial charge in [-0.25, -0.2) is 0 Å². The Morgan fingerprint density at radius 1 is 1.04 bits per heavy atom. The second-order valence-corrected chi connectivity index (χ2v) is 5.42. The molecular weight excluding hydrogens is 446 g/mol. The highest BCUT2D eigenvalue weighted by molar-refractivity contribution is 14.0. The SMILES string of the molecule is CN=C(NCCCCCOC)NCCc1ccc(C(F)(F)F)cc1.I. The Balaban J connectivity index is 0.00000576. The highest BCUT2D eigenvalue weighted by Crippen LogP contribution is 2.29. The molecule has 0 heterocycles. The summed E-state index contributed by atoms with van der Waals surface area (Å²) in [6.07, 6.45) is -0.497. The van der Waals surface area contributed by atoms with Crippen LogP contribution in [0.4, 0.5) is 13.2 Å². The summed E-state index contributed by atoms with van der Waals surface area (Å²) >= 11 is 0. The smallest absolute Gasteiger partial charge is 0.385 e. The van der Waals surface area contributed by atoms with Crippen molar-refractivity contribution in [3.63, 3.8) is 0 Å². The fourth-order valence-electron chi connectivity index (χ4n) is 2.16. The van der Waals surface area contributed by atoms with Gasteiger partial charge < -0.3 is 15.4 Å². The number of hydrogen-bond acceptors (Lipinski definition) is 2. The van der Waals surface area contributed by atoms with Crippen molar-refractivity contribution in [1.82, 2.24) is 10.6 Å². The molecule has 0 saturated heterocycles. The quantitative estimate of drug-likeness (QED) is 0.248. The molecule has 0 aliphatic heterocycles. The van der Waals surface area contributed by atoms with Crippen LogP contribution in [0.25, 0.3) is 0 Å². The molecule has 144 valence electrons. The van der Waals surface area contributed by atoms with Crippen LogP contribution in [0.15, 0.2) is 29.3 Å². The van der Waals surface area contributed by atoms with Crippen LogP contribution < -0.4 is 10.6 Å². The minimum absolute atomic E-state index is 0. The molecule has 1 rings (SSSR count). The van der Waals surface area contributed by atoms with E-state index in [0.29, 0.717) is 18.9 Å². The van der Waals surface area contributed by atoms with Crippen LogP contribution in [0.5, 0.6) is 0 Å². The van der Waals surface area contributed by atoms with Crippen LogP contribution in [0, 0.1) is 0 Å². The molecule has 0 aromatic heterocycles. The van der Waals surface area contributed by atoms with E-state index >= 15 is 0 Å². The summed E-state index contributed by atoms with van der Waals surface area (Å²) < 4.78 is 42.5. The third-order valence-corrected chi connectivity index (χ3v) is 3.53. The molecule has 0 unspecified atom stereocenters. The van der Waals surface area contributed by atoms with Crippen molar-refractivity contribution in [1.29, 1.82) is 0 Å². The summed E-state index contributed by atoms with van der Waals surface area (Å²) in [5.41, 5.74) is 0.232. The van der Waals surface area contributed by atoms with Crippen molar-refractivity contribution in [3.8, 4) is 0 Å². The van der Waals surface area contributed by atoms with Gasteiger partial charge in [0.25, 0.3) is 0 Å². The van der Waals surface area contributed by atoms with Crippen molar-refractivity contribution in [2.75, 3.05) is 33.9 Å². The summed E-state index contributed by atoms with van der Waals surface area (Å²) in [7, 11) is 3.39. The molecular formula is C17H27F3IN3O. The molecule has 25 heavy (non-hydrogen) atoms. The molecule has 0 aliphatic rings. The lowest BCUT2D eigenvalue weighted by molar-refractivity contribution is -0.137. The lowest BCUT2D eigenvalue weighted by atomic mass is 10.1. The fourth-order valence-corrected chi connectivity index (χ4v) is 2.16. The monoisotopic (exact) mass is 473 g/mol. The number of hydrogen-bond donors (Lipinski definition) is 2. The van der Waals surface area contributed by atoms with Gasteiger partial charge in [0.1, 0.15) is 0 Å². The highest BCUT2D eigenvalue weighted by Gasteiger charge is 2.29. The van der Waals surface area contributed by atoms with Crippen molar-refractivity contribution in [2.24, 2.45) is 4.99 Å². The number of ether oxygens (including phenoxy) is 1. The molecule has 0 fully saturated rings. The van der Waals surface area contributed by atoms with E-state index in [9.17, 15) is 13.2 Å². The normalized spacial score (nSPS) is 11.8. The number of aliphatic imine (C=N–C) groups is 1. The zero-order valence-electron chi connectivity index (χ0n) is 14.7. The summed E-state index contributed by atoms with van der Waals surface area (Å²) in [6.45, 7) is 2.21. The minimum Gasteiger partial charge on any atom is -0.385 e. The molecule has 2 N–H and O–H groups in total. The number of benzene rings is 1. The molecule has 8 heteroatoms. The predicted octanol–water partition coefficient (Wildman–Crippen LogP) is 3.85. The lowest BCUT2D eigenvalue weighted by Gasteiger charge is -2.12. The van der Waals surface area contributed by atoms with Gasteiger partial charge in [0.15, 0.2) is 5.96 Å². The Hall–Kier alpha value is -1.03. The predicted molar refractivity (Wildman–Crippen MR) is 106 cm³/mol. The Morgan fingerprint density at radius 3 is 2.24 bits per heavy atom. The van der Waals surface area contributed by atoms with Crippen LogP contribution >= 0.6 is 24.0 Å². The zero-order valence-corrected chi connectivity index (χ0v) is 17.0. The van der Waals surface area contributed by atoms with Gasteiger partial charge in [-0.3, -0.25) is 4.99 Å². The first-order chi connectivity index (χ1) is 11.5. The van der Waals surface area contributed by atoms with E-state index in [2.05, 4.69) is 15.6 Å². The van der Waals surface area contributed by atoms with E-state index in [1.165, 1.54) is 12.1 Å². The summed E-state index contributed by atoms with van der Waals surface area (Å²) in [5, 5.41) is 6.37. The van der Waals surface area contributed by atoms with Crippen molar-refractivity contribution >= 4 is 29.9 Å². The Labute approximate surface area is 164 Å². The van der Waals surface area contributed by atoms with E-state index in [1.807, 2.05) is 0 Å². The van der Waals surface area contributed by atoms with Gasteiger partial charge in [-0.2, -0.15) is 13.2 Å². The number of nitrogens with zero attached hydrogens (tertiary/aromatic N) is 1. The van der Waals surface area contributed by atoms with E-state index in [4.69, 9.17) is 4.74 Å². The molecule has 0 bridgehead atoms. The molecule has 1 aromatic carbocycles. The van der Waals surface area contributed by atoms with Gasteiger partial charge >= 0.3 is 6.18 Å². The van der Waals surface area contributed by atoms with Gasteiger partial charge in [-0.05, 0) is 43.4 Å². The van der Waals surface area contributed by atoms with E-state index in [1.54, 1.807) is 14.2 Å². The van der Waals surface area contributed by atoms with Gasteiger partial charge in [0, 0.05) is 33.9 Å². The zero-order chi connectivity index (χ0) is 17.8. The van der Waals surface area contributed by atoms with Crippen LogP contribution in [0.1, 0.15) is 30.4 Å². The Bertz CT molecular complexity index is 493. The Morgan fingerprint density at radius 2 is 1.68 bits per heavy atom. The molecule has 0 radical (unpaired) electrons. The number of halogens is 4. The number of unbranched alkanes of at least 4 members (excludes halogenated alkanes) is 2. The van der Waals surface area contributed by atoms with Crippen molar-refractivity contribution < 1.29 is 17.9 Å². The van der Waals surface area contributed by atoms with E-state index in [-0.39, 0.29) is 24.0 Å². The van der Waals surface area contributed by atoms with Crippen LogP contribution in [-0.2, 0) is 17.3 Å². The fraction of sp³-hybridized carbons (Fsp3) is 0.588. The Kier molecular flexibility index (Phi) is 12.7. The van der Waals surface area contributed by atoms with Gasteiger partial charge in [0.2, 0.25) is 0 Å². The molecule has 0 spiro atoms. The highest BCUT2D eigenvalue weighted by atomic mass is 127. The third kappa shape index (κ3) is 10.5. The number of guanidine groups is 1. The molecule has 0 saturated carbocycles.